The molecule has 2 amide bonds. The van der Waals surface area contributed by atoms with Crippen molar-refractivity contribution >= 4 is 12.2 Å². The quantitative estimate of drug-likeness (QED) is 0.217. The Balaban J connectivity index is 1.07. The van der Waals surface area contributed by atoms with Crippen LogP contribution in [0.2, 0.25) is 0 Å². The zero-order valence-electron chi connectivity index (χ0n) is 28.6. The average Bonchev–Trinajstić information content (AvgIpc) is 3.85. The molecule has 10 nitrogen and oxygen atoms in total. The van der Waals surface area contributed by atoms with Gasteiger partial charge in [-0.3, -0.25) is 9.80 Å². The highest BCUT2D eigenvalue weighted by Gasteiger charge is 2.36. The van der Waals surface area contributed by atoms with Crippen LogP contribution in [-0.4, -0.2) is 66.2 Å². The van der Waals surface area contributed by atoms with Crippen molar-refractivity contribution in [1.82, 2.24) is 29.7 Å². The number of amides is 2. The third kappa shape index (κ3) is 7.73. The van der Waals surface area contributed by atoms with Crippen LogP contribution in [0.25, 0.3) is 22.5 Å². The Bertz CT molecular complexity index is 1680. The number of rotatable bonds is 4. The van der Waals surface area contributed by atoms with Crippen LogP contribution in [0.5, 0.6) is 0 Å². The number of benzene rings is 2. The van der Waals surface area contributed by atoms with Gasteiger partial charge in [-0.05, 0) is 103 Å². The lowest BCUT2D eigenvalue weighted by molar-refractivity contribution is 0.0208. The monoisotopic (exact) mass is 648 g/mol. The number of aromatic nitrogens is 4. The molecule has 0 unspecified atom stereocenters. The van der Waals surface area contributed by atoms with Gasteiger partial charge < -0.3 is 19.4 Å². The molecule has 48 heavy (non-hydrogen) atoms. The highest BCUT2D eigenvalue weighted by molar-refractivity contribution is 5.70. The Morgan fingerprint density at radius 3 is 1.40 bits per heavy atom. The van der Waals surface area contributed by atoms with Gasteiger partial charge in [0.05, 0.1) is 35.9 Å². The first-order valence-corrected chi connectivity index (χ1v) is 16.6. The molecule has 2 aliphatic rings. The van der Waals surface area contributed by atoms with E-state index in [-0.39, 0.29) is 24.3 Å². The number of imidazole rings is 2. The molecule has 2 fully saturated rings. The molecule has 2 N–H and O–H groups in total. The van der Waals surface area contributed by atoms with Crippen LogP contribution in [-0.2, 0) is 9.47 Å². The molecular formula is C38H44N6O4. The minimum atomic E-state index is -0.540. The van der Waals surface area contributed by atoms with E-state index < -0.39 is 11.2 Å². The number of carbonyl (C=O) groups is 2. The Hall–Kier alpha value is -5.04. The van der Waals surface area contributed by atoms with Gasteiger partial charge in [0, 0.05) is 24.2 Å². The number of hydrogen-bond acceptors (Lipinski definition) is 6. The third-order valence-corrected chi connectivity index (χ3v) is 8.33. The molecule has 2 aromatic heterocycles. The molecule has 0 radical (unpaired) electrons. The largest absolute Gasteiger partial charge is 0.444 e. The summed E-state index contributed by atoms with van der Waals surface area (Å²) < 4.78 is 11.2. The summed E-state index contributed by atoms with van der Waals surface area (Å²) in [6, 6.07) is 15.8. The van der Waals surface area contributed by atoms with Gasteiger partial charge in [0.15, 0.2) is 0 Å². The predicted octanol–water partition coefficient (Wildman–Crippen LogP) is 8.01. The first-order valence-electron chi connectivity index (χ1n) is 16.6. The second kappa shape index (κ2) is 13.2. The number of nitrogens with zero attached hydrogens (tertiary/aromatic N) is 4. The molecule has 6 rings (SSSR count). The summed E-state index contributed by atoms with van der Waals surface area (Å²) in [6.07, 6.45) is 6.55. The summed E-state index contributed by atoms with van der Waals surface area (Å²) in [5.41, 5.74) is 4.50. The lowest BCUT2D eigenvalue weighted by Crippen LogP contribution is -2.36. The first kappa shape index (κ1) is 32.9. The fourth-order valence-electron chi connectivity index (χ4n) is 6.10. The summed E-state index contributed by atoms with van der Waals surface area (Å²) in [4.78, 5) is 45.1. The van der Waals surface area contributed by atoms with Gasteiger partial charge >= 0.3 is 12.2 Å². The fraction of sp³-hybridized carbons (Fsp3) is 0.421. The van der Waals surface area contributed by atoms with E-state index in [4.69, 9.17) is 9.47 Å². The number of aromatic amines is 2. The molecule has 4 aromatic rings. The summed E-state index contributed by atoms with van der Waals surface area (Å²) in [5.74, 6) is 8.05. The van der Waals surface area contributed by atoms with Gasteiger partial charge in [-0.2, -0.15) is 0 Å². The van der Waals surface area contributed by atoms with Crippen molar-refractivity contribution < 1.29 is 19.1 Å². The van der Waals surface area contributed by atoms with Crippen molar-refractivity contribution in [2.75, 3.05) is 13.1 Å². The van der Waals surface area contributed by atoms with Crippen molar-refractivity contribution in [1.29, 1.82) is 0 Å². The maximum atomic E-state index is 12.7. The summed E-state index contributed by atoms with van der Waals surface area (Å²) in [7, 11) is 0. The molecule has 2 aliphatic heterocycles. The molecule has 0 saturated carbocycles. The molecule has 0 spiro atoms. The summed E-state index contributed by atoms with van der Waals surface area (Å²) in [6.45, 7) is 12.6. The van der Waals surface area contributed by atoms with Crippen molar-refractivity contribution in [3.05, 3.63) is 83.7 Å². The highest BCUT2D eigenvalue weighted by Crippen LogP contribution is 2.34. The second-order valence-electron chi connectivity index (χ2n) is 14.4. The number of likely N-dealkylation sites (tertiary alicyclic amines) is 2. The van der Waals surface area contributed by atoms with E-state index in [1.807, 2.05) is 102 Å². The maximum Gasteiger partial charge on any atom is 0.410 e. The molecule has 2 saturated heterocycles. The SMILES string of the molecule is CC(C)(C)OC(=O)N1CCC[C@H]1c1ncc(-c2ccc(C#Cc3ccc(-c4cnc([C@@H]5CCCN5C(=O)OC(C)(C)C)[nH]4)cc3)cc2)[nH]1. The second-order valence-corrected chi connectivity index (χ2v) is 14.4. The van der Waals surface area contributed by atoms with Gasteiger partial charge in [-0.1, -0.05) is 36.1 Å². The van der Waals surface area contributed by atoms with Crippen LogP contribution in [0.4, 0.5) is 9.59 Å². The van der Waals surface area contributed by atoms with Crippen LogP contribution < -0.4 is 0 Å². The van der Waals surface area contributed by atoms with Gasteiger partial charge in [0.2, 0.25) is 0 Å². The normalized spacial score (nSPS) is 18.0. The van der Waals surface area contributed by atoms with Gasteiger partial charge in [0.25, 0.3) is 0 Å². The fourth-order valence-corrected chi connectivity index (χ4v) is 6.10. The number of H-pyrrole nitrogens is 2. The molecule has 2 aromatic carbocycles. The van der Waals surface area contributed by atoms with E-state index in [1.54, 1.807) is 9.80 Å². The zero-order valence-corrected chi connectivity index (χ0v) is 28.6. The van der Waals surface area contributed by atoms with Crippen molar-refractivity contribution in [3.8, 4) is 34.4 Å². The summed E-state index contributed by atoms with van der Waals surface area (Å²) in [5, 5.41) is 0. The van der Waals surface area contributed by atoms with Crippen molar-refractivity contribution in [3.63, 3.8) is 0 Å². The molecule has 0 bridgehead atoms. The lowest BCUT2D eigenvalue weighted by Gasteiger charge is -2.27. The molecular weight excluding hydrogens is 604 g/mol. The average molecular weight is 649 g/mol. The van der Waals surface area contributed by atoms with E-state index in [0.717, 1.165) is 71.0 Å². The molecule has 250 valence electrons. The van der Waals surface area contributed by atoms with Crippen LogP contribution in [0.1, 0.15) is 102 Å². The summed E-state index contributed by atoms with van der Waals surface area (Å²) >= 11 is 0. The van der Waals surface area contributed by atoms with Crippen molar-refractivity contribution in [2.24, 2.45) is 0 Å². The van der Waals surface area contributed by atoms with E-state index >= 15 is 0 Å². The molecule has 4 heterocycles. The Morgan fingerprint density at radius 2 is 1.04 bits per heavy atom. The van der Waals surface area contributed by atoms with Gasteiger partial charge in [-0.25, -0.2) is 19.6 Å². The van der Waals surface area contributed by atoms with Crippen LogP contribution >= 0.6 is 0 Å². The zero-order chi connectivity index (χ0) is 34.1. The van der Waals surface area contributed by atoms with E-state index in [1.165, 1.54) is 0 Å². The molecule has 0 aliphatic carbocycles. The van der Waals surface area contributed by atoms with Crippen LogP contribution in [0, 0.1) is 11.8 Å². The van der Waals surface area contributed by atoms with Crippen LogP contribution in [0.15, 0.2) is 60.9 Å². The van der Waals surface area contributed by atoms with E-state index in [0.29, 0.717) is 13.1 Å². The standard InChI is InChI=1S/C38H44N6O4/c1-37(2,3)47-35(45)43-21-7-9-31(43)33-39-23-29(41-33)27-17-13-25(14-18-27)11-12-26-15-19-28(20-16-26)30-24-40-34(42-30)32-10-8-22-44(32)36(46)48-38(4,5)6/h13-20,23-24,31-32H,7-10,21-22H2,1-6H3,(H,39,41)(H,40,42)/t31-,32-/m0/s1. The number of nitrogens with one attached hydrogen (secondary N) is 2. The van der Waals surface area contributed by atoms with Crippen molar-refractivity contribution in [2.45, 2.75) is 90.5 Å². The van der Waals surface area contributed by atoms with Crippen LogP contribution in [0.3, 0.4) is 0 Å². The number of carbonyl (C=O) groups excluding carboxylic acids is 2. The predicted molar refractivity (Wildman–Crippen MR) is 184 cm³/mol. The lowest BCUT2D eigenvalue weighted by atomic mass is 10.1. The number of hydrogen-bond donors (Lipinski definition) is 2. The van der Waals surface area contributed by atoms with E-state index in [9.17, 15) is 9.59 Å². The maximum absolute atomic E-state index is 12.7. The number of ether oxygens (including phenoxy) is 2. The Labute approximate surface area is 282 Å². The van der Waals surface area contributed by atoms with E-state index in [2.05, 4.69) is 31.8 Å². The Kier molecular flexibility index (Phi) is 9.06. The Morgan fingerprint density at radius 1 is 0.667 bits per heavy atom. The minimum absolute atomic E-state index is 0.123. The van der Waals surface area contributed by atoms with Gasteiger partial charge in [0.1, 0.15) is 22.9 Å². The minimum Gasteiger partial charge on any atom is -0.444 e. The smallest absolute Gasteiger partial charge is 0.410 e. The topological polar surface area (TPSA) is 116 Å². The third-order valence-electron chi connectivity index (χ3n) is 8.33. The molecule has 2 atom stereocenters. The molecule has 10 heteroatoms. The van der Waals surface area contributed by atoms with Gasteiger partial charge in [-0.15, -0.1) is 0 Å². The first-order chi connectivity index (χ1) is 22.8. The highest BCUT2D eigenvalue weighted by atomic mass is 16.6.